The molecule has 3 atom stereocenters. The highest BCUT2D eigenvalue weighted by Gasteiger charge is 2.33. The zero-order chi connectivity index (χ0) is 27.0. The van der Waals surface area contributed by atoms with Crippen molar-refractivity contribution in [2.45, 2.75) is 56.8 Å². The number of aliphatic hydroxyl groups is 1. The van der Waals surface area contributed by atoms with Crippen LogP contribution < -0.4 is 10.8 Å². The summed E-state index contributed by atoms with van der Waals surface area (Å²) in [5, 5.41) is 23.5. The van der Waals surface area contributed by atoms with E-state index in [1.807, 2.05) is 44.2 Å². The largest absolute Gasteiger partial charge is 0.446 e. The molecule has 0 radical (unpaired) electrons. The van der Waals surface area contributed by atoms with Crippen LogP contribution in [0, 0.1) is 5.92 Å². The van der Waals surface area contributed by atoms with Crippen LogP contribution in [0.25, 0.3) is 0 Å². The zero-order valence-electron chi connectivity index (χ0n) is 21.5. The first kappa shape index (κ1) is 29.1. The van der Waals surface area contributed by atoms with Crippen molar-refractivity contribution >= 4 is 28.5 Å². The lowest BCUT2D eigenvalue weighted by atomic mass is 9.65. The SMILES string of the molecule is CB(O)c1ccc(S(=O)(=O)N(CC(C)C)C[C@@H](O)[C@H](Cc2ccccc2)NC(=O)O[C@H]2CCOC2)nc1. The Kier molecular flexibility index (Phi) is 10.5. The fourth-order valence-electron chi connectivity index (χ4n) is 4.03. The molecule has 1 fully saturated rings. The van der Waals surface area contributed by atoms with Gasteiger partial charge in [0, 0.05) is 25.7 Å². The van der Waals surface area contributed by atoms with Crippen molar-refractivity contribution < 1.29 is 32.8 Å². The maximum Gasteiger partial charge on any atom is 0.407 e. The quantitative estimate of drug-likeness (QED) is 0.344. The highest BCUT2D eigenvalue weighted by atomic mass is 32.2. The minimum absolute atomic E-state index is 0.0356. The zero-order valence-corrected chi connectivity index (χ0v) is 22.3. The van der Waals surface area contributed by atoms with E-state index in [0.29, 0.717) is 25.1 Å². The Bertz CT molecular complexity index is 1100. The smallest absolute Gasteiger partial charge is 0.407 e. The molecule has 1 aliphatic rings. The molecule has 3 N–H and O–H groups in total. The number of alkyl carbamates (subject to hydrolysis) is 1. The van der Waals surface area contributed by atoms with Gasteiger partial charge in [0.2, 0.25) is 0 Å². The molecule has 0 aliphatic carbocycles. The molecule has 0 saturated carbocycles. The van der Waals surface area contributed by atoms with Crippen molar-refractivity contribution in [3.8, 4) is 0 Å². The summed E-state index contributed by atoms with van der Waals surface area (Å²) in [4.78, 5) is 16.7. The summed E-state index contributed by atoms with van der Waals surface area (Å²) >= 11 is 0. The van der Waals surface area contributed by atoms with Crippen molar-refractivity contribution in [3.63, 3.8) is 0 Å². The van der Waals surface area contributed by atoms with Gasteiger partial charge in [-0.15, -0.1) is 0 Å². The number of hydrogen-bond acceptors (Lipinski definition) is 8. The van der Waals surface area contributed by atoms with Crippen LogP contribution in [0.2, 0.25) is 6.82 Å². The van der Waals surface area contributed by atoms with E-state index >= 15 is 0 Å². The van der Waals surface area contributed by atoms with Crippen molar-refractivity contribution in [2.75, 3.05) is 26.3 Å². The van der Waals surface area contributed by atoms with Gasteiger partial charge >= 0.3 is 13.0 Å². The number of nitrogens with one attached hydrogen (secondary N) is 1. The second kappa shape index (κ2) is 13.3. The van der Waals surface area contributed by atoms with E-state index in [1.165, 1.54) is 22.6 Å². The normalized spacial score (nSPS) is 17.5. The van der Waals surface area contributed by atoms with Gasteiger partial charge in [0.25, 0.3) is 10.0 Å². The van der Waals surface area contributed by atoms with Crippen LogP contribution in [-0.4, -0.2) is 85.4 Å². The van der Waals surface area contributed by atoms with E-state index in [4.69, 9.17) is 9.47 Å². The predicted octanol–water partition coefficient (Wildman–Crippen LogP) is 1.04. The Balaban J connectivity index is 1.81. The van der Waals surface area contributed by atoms with Gasteiger partial charge in [0.1, 0.15) is 6.10 Å². The third-order valence-electron chi connectivity index (χ3n) is 6.03. The Hall–Kier alpha value is -2.51. The molecule has 37 heavy (non-hydrogen) atoms. The van der Waals surface area contributed by atoms with E-state index in [9.17, 15) is 23.3 Å². The number of aromatic nitrogens is 1. The Morgan fingerprint density at radius 3 is 2.54 bits per heavy atom. The first-order chi connectivity index (χ1) is 17.6. The monoisotopic (exact) mass is 533 g/mol. The molecule has 0 spiro atoms. The summed E-state index contributed by atoms with van der Waals surface area (Å²) in [5.74, 6) is -0.0356. The molecule has 1 aromatic carbocycles. The second-order valence-electron chi connectivity index (χ2n) is 9.72. The van der Waals surface area contributed by atoms with Crippen molar-refractivity contribution in [1.82, 2.24) is 14.6 Å². The molecule has 2 aromatic rings. The molecule has 0 unspecified atom stereocenters. The number of hydrogen-bond donors (Lipinski definition) is 3. The molecular weight excluding hydrogens is 497 g/mol. The van der Waals surface area contributed by atoms with Crippen LogP contribution in [0.1, 0.15) is 25.8 Å². The van der Waals surface area contributed by atoms with Crippen molar-refractivity contribution in [3.05, 3.63) is 54.2 Å². The molecule has 1 amide bonds. The number of amides is 1. The summed E-state index contributed by atoms with van der Waals surface area (Å²) in [6, 6.07) is 11.4. The lowest BCUT2D eigenvalue weighted by molar-refractivity contribution is 0.0643. The highest BCUT2D eigenvalue weighted by Crippen LogP contribution is 2.18. The average Bonchev–Trinajstić information content (AvgIpc) is 3.36. The molecule has 10 nitrogen and oxygen atoms in total. The number of pyridine rings is 1. The van der Waals surface area contributed by atoms with E-state index < -0.39 is 35.2 Å². The number of sulfonamides is 1. The van der Waals surface area contributed by atoms with Crippen LogP contribution in [-0.2, 0) is 25.9 Å². The summed E-state index contributed by atoms with van der Waals surface area (Å²) < 4.78 is 38.8. The van der Waals surface area contributed by atoms with E-state index in [1.54, 1.807) is 6.82 Å². The van der Waals surface area contributed by atoms with Gasteiger partial charge in [-0.05, 0) is 29.4 Å². The fourth-order valence-corrected chi connectivity index (χ4v) is 5.57. The molecule has 12 heteroatoms. The highest BCUT2D eigenvalue weighted by molar-refractivity contribution is 7.89. The number of nitrogens with zero attached hydrogens (tertiary/aromatic N) is 2. The lowest BCUT2D eigenvalue weighted by Gasteiger charge is -2.30. The van der Waals surface area contributed by atoms with E-state index in [2.05, 4.69) is 10.3 Å². The van der Waals surface area contributed by atoms with Gasteiger partial charge < -0.3 is 24.9 Å². The lowest BCUT2D eigenvalue weighted by Crippen LogP contribution is -2.51. The summed E-state index contributed by atoms with van der Waals surface area (Å²) in [5.41, 5.74) is 1.36. The van der Waals surface area contributed by atoms with Crippen LogP contribution in [0.4, 0.5) is 4.79 Å². The molecule has 1 saturated heterocycles. The predicted molar refractivity (Wildman–Crippen MR) is 140 cm³/mol. The molecule has 3 rings (SSSR count). The molecular formula is C25H36BN3O7S. The minimum Gasteiger partial charge on any atom is -0.446 e. The molecule has 202 valence electrons. The van der Waals surface area contributed by atoms with E-state index in [-0.39, 0.29) is 36.6 Å². The standard InChI is InChI=1S/C25H36BN3O7S/c1-18(2)15-29(37(33,34)24-10-9-20(14-27-24)26(3)32)16-23(30)22(13-19-7-5-4-6-8-19)28-25(31)36-21-11-12-35-17-21/h4-10,14,18,21-23,30,32H,11-13,15-17H2,1-3H3,(H,28,31)/t21-,22-,23+/m0/s1. The average molecular weight is 533 g/mol. The first-order valence-electron chi connectivity index (χ1n) is 12.5. The van der Waals surface area contributed by atoms with Crippen molar-refractivity contribution in [1.29, 1.82) is 0 Å². The number of carbonyl (C=O) groups is 1. The van der Waals surface area contributed by atoms with Gasteiger partial charge in [-0.1, -0.05) is 57.1 Å². The first-order valence-corrected chi connectivity index (χ1v) is 13.9. The summed E-state index contributed by atoms with van der Waals surface area (Å²) in [6.07, 6.45) is -0.0928. The molecule has 1 aliphatic heterocycles. The number of ether oxygens (including phenoxy) is 2. The molecule has 1 aromatic heterocycles. The Morgan fingerprint density at radius 1 is 1.24 bits per heavy atom. The van der Waals surface area contributed by atoms with Crippen LogP contribution >= 0.6 is 0 Å². The van der Waals surface area contributed by atoms with Gasteiger partial charge in [0.05, 0.1) is 25.4 Å². The third-order valence-corrected chi connectivity index (χ3v) is 7.78. The number of carbonyl (C=O) groups excluding carboxylic acids is 1. The van der Waals surface area contributed by atoms with Gasteiger partial charge in [-0.3, -0.25) is 0 Å². The van der Waals surface area contributed by atoms with Gasteiger partial charge in [-0.25, -0.2) is 18.2 Å². The topological polar surface area (TPSA) is 138 Å². The summed E-state index contributed by atoms with van der Waals surface area (Å²) in [7, 11) is -4.07. The number of benzene rings is 1. The Morgan fingerprint density at radius 2 is 1.97 bits per heavy atom. The maximum absolute atomic E-state index is 13.5. The second-order valence-corrected chi connectivity index (χ2v) is 11.6. The number of rotatable bonds is 12. The fraction of sp³-hybridized carbons (Fsp3) is 0.520. The summed E-state index contributed by atoms with van der Waals surface area (Å²) in [6.45, 7) is 5.25. The third kappa shape index (κ3) is 8.51. The minimum atomic E-state index is -4.07. The molecule has 0 bridgehead atoms. The maximum atomic E-state index is 13.5. The number of aliphatic hydroxyl groups excluding tert-OH is 1. The molecule has 2 heterocycles. The Labute approximate surface area is 219 Å². The van der Waals surface area contributed by atoms with Crippen LogP contribution in [0.3, 0.4) is 0 Å². The van der Waals surface area contributed by atoms with Gasteiger partial charge in [0.15, 0.2) is 5.03 Å². The van der Waals surface area contributed by atoms with Gasteiger partial charge in [-0.2, -0.15) is 4.31 Å². The van der Waals surface area contributed by atoms with E-state index in [0.717, 1.165) is 5.56 Å². The van der Waals surface area contributed by atoms with Crippen LogP contribution in [0.15, 0.2) is 53.7 Å². The van der Waals surface area contributed by atoms with Crippen LogP contribution in [0.5, 0.6) is 0 Å². The van der Waals surface area contributed by atoms with Crippen molar-refractivity contribution in [2.24, 2.45) is 5.92 Å².